The van der Waals surface area contributed by atoms with Crippen LogP contribution < -0.4 is 5.73 Å². The number of hydrogen-bond acceptors (Lipinski definition) is 1. The van der Waals surface area contributed by atoms with Crippen LogP contribution in [0.3, 0.4) is 0 Å². The van der Waals surface area contributed by atoms with Gasteiger partial charge < -0.3 is 5.73 Å². The van der Waals surface area contributed by atoms with Crippen LogP contribution in [-0.2, 0) is 0 Å². The van der Waals surface area contributed by atoms with Gasteiger partial charge in [0.25, 0.3) is 0 Å². The zero-order valence-corrected chi connectivity index (χ0v) is 9.59. The maximum absolute atomic E-state index is 5.79. The third-order valence-electron chi connectivity index (χ3n) is 3.40. The molecule has 15 heavy (non-hydrogen) atoms. The highest BCUT2D eigenvalue weighted by Gasteiger charge is 2.18. The van der Waals surface area contributed by atoms with E-state index >= 15 is 0 Å². The van der Waals surface area contributed by atoms with Crippen molar-refractivity contribution >= 4 is 0 Å². The van der Waals surface area contributed by atoms with Gasteiger partial charge in [-0.15, -0.1) is 0 Å². The van der Waals surface area contributed by atoms with Gasteiger partial charge in [-0.2, -0.15) is 0 Å². The average Bonchev–Trinajstić information content (AvgIpc) is 2.67. The van der Waals surface area contributed by atoms with Crippen molar-refractivity contribution in [1.82, 2.24) is 0 Å². The Morgan fingerprint density at radius 1 is 1.33 bits per heavy atom. The molecule has 0 aromatic carbocycles. The molecule has 2 bridgehead atoms. The van der Waals surface area contributed by atoms with E-state index in [9.17, 15) is 0 Å². The van der Waals surface area contributed by atoms with E-state index in [-0.39, 0.29) is 0 Å². The molecule has 0 spiro atoms. The monoisotopic (exact) mass is 201 g/mol. The molecule has 1 nitrogen and oxygen atoms in total. The third-order valence-corrected chi connectivity index (χ3v) is 3.40. The van der Waals surface area contributed by atoms with Gasteiger partial charge in [-0.3, -0.25) is 0 Å². The van der Waals surface area contributed by atoms with Gasteiger partial charge in [-0.1, -0.05) is 41.0 Å². The topological polar surface area (TPSA) is 26.0 Å². The summed E-state index contributed by atoms with van der Waals surface area (Å²) < 4.78 is 0. The fourth-order valence-corrected chi connectivity index (χ4v) is 2.38. The molecule has 2 N–H and O–H groups in total. The average molecular weight is 201 g/mol. The number of allylic oxidation sites excluding steroid dienone is 6. The van der Waals surface area contributed by atoms with E-state index in [1.54, 1.807) is 0 Å². The molecule has 2 rings (SSSR count). The lowest BCUT2D eigenvalue weighted by atomic mass is 9.94. The van der Waals surface area contributed by atoms with Crippen molar-refractivity contribution in [1.29, 1.82) is 0 Å². The lowest BCUT2D eigenvalue weighted by Crippen LogP contribution is -2.07. The zero-order chi connectivity index (χ0) is 10.8. The molecule has 0 heterocycles. The summed E-state index contributed by atoms with van der Waals surface area (Å²) in [6.45, 7) is 5.02. The molecule has 80 valence electrons. The van der Waals surface area contributed by atoms with Crippen molar-refractivity contribution < 1.29 is 0 Å². The molecule has 1 heteroatoms. The molecular weight excluding hydrogens is 182 g/mol. The molecule has 0 aromatic heterocycles. The quantitative estimate of drug-likeness (QED) is 0.693. The van der Waals surface area contributed by atoms with Crippen LogP contribution in [0.2, 0.25) is 0 Å². The van der Waals surface area contributed by atoms with Crippen LogP contribution in [0, 0.1) is 5.92 Å². The number of rotatable bonds is 1. The van der Waals surface area contributed by atoms with E-state index < -0.39 is 0 Å². The fraction of sp³-hybridized carbons (Fsp3) is 0.429. The standard InChI is InChI=1S/C14H19N/c1-10-3-5-14(9-15)11(2)13-6-4-12(7-10)8-13/h3,5,7-8,13H,4,6,9,15H2,1-2H3/b5-3-,10-7-,14-11?. The van der Waals surface area contributed by atoms with E-state index in [4.69, 9.17) is 5.73 Å². The Labute approximate surface area is 92.1 Å². The minimum atomic E-state index is 0.616. The van der Waals surface area contributed by atoms with Gasteiger partial charge in [0.1, 0.15) is 0 Å². The Hall–Kier alpha value is -1.08. The van der Waals surface area contributed by atoms with Crippen molar-refractivity contribution in [3.05, 3.63) is 46.6 Å². The second-order valence-corrected chi connectivity index (χ2v) is 4.52. The van der Waals surface area contributed by atoms with E-state index in [0.29, 0.717) is 12.5 Å². The van der Waals surface area contributed by atoms with E-state index in [1.807, 2.05) is 0 Å². The van der Waals surface area contributed by atoms with Crippen LogP contribution in [0.15, 0.2) is 46.6 Å². The Kier molecular flexibility index (Phi) is 2.92. The van der Waals surface area contributed by atoms with Gasteiger partial charge in [0.15, 0.2) is 0 Å². The van der Waals surface area contributed by atoms with Crippen molar-refractivity contribution in [3.8, 4) is 0 Å². The first-order valence-corrected chi connectivity index (χ1v) is 5.67. The summed E-state index contributed by atoms with van der Waals surface area (Å²) >= 11 is 0. The lowest BCUT2D eigenvalue weighted by molar-refractivity contribution is 0.717. The first kappa shape index (κ1) is 10.4. The van der Waals surface area contributed by atoms with E-state index in [2.05, 4.69) is 38.2 Å². The van der Waals surface area contributed by atoms with Crippen molar-refractivity contribution in [3.63, 3.8) is 0 Å². The Balaban J connectivity index is 2.45. The van der Waals surface area contributed by atoms with Gasteiger partial charge in [0.2, 0.25) is 0 Å². The summed E-state index contributed by atoms with van der Waals surface area (Å²) in [5, 5.41) is 0. The minimum Gasteiger partial charge on any atom is -0.326 e. The molecule has 0 radical (unpaired) electrons. The molecule has 2 aliphatic carbocycles. The molecule has 0 aliphatic heterocycles. The maximum Gasteiger partial charge on any atom is 0.0177 e. The number of fused-ring (bicyclic) bond motifs is 1. The Morgan fingerprint density at radius 3 is 2.87 bits per heavy atom. The summed E-state index contributed by atoms with van der Waals surface area (Å²) in [4.78, 5) is 0. The molecule has 0 aromatic rings. The van der Waals surface area contributed by atoms with Crippen LogP contribution in [0.1, 0.15) is 26.7 Å². The summed E-state index contributed by atoms with van der Waals surface area (Å²) in [7, 11) is 0. The molecule has 0 fully saturated rings. The van der Waals surface area contributed by atoms with Gasteiger partial charge >= 0.3 is 0 Å². The van der Waals surface area contributed by atoms with Crippen LogP contribution in [0.5, 0.6) is 0 Å². The molecule has 0 amide bonds. The Morgan fingerprint density at radius 2 is 2.13 bits per heavy atom. The van der Waals surface area contributed by atoms with Crippen LogP contribution in [-0.4, -0.2) is 6.54 Å². The highest BCUT2D eigenvalue weighted by atomic mass is 14.5. The molecule has 1 atom stereocenters. The Bertz CT molecular complexity index is 380. The summed E-state index contributed by atoms with van der Waals surface area (Å²) in [6, 6.07) is 0. The molecule has 1 unspecified atom stereocenters. The zero-order valence-electron chi connectivity index (χ0n) is 9.59. The third kappa shape index (κ3) is 2.13. The minimum absolute atomic E-state index is 0.616. The maximum atomic E-state index is 5.79. The molecule has 0 saturated heterocycles. The first-order chi connectivity index (χ1) is 7.20. The smallest absolute Gasteiger partial charge is 0.0177 e. The lowest BCUT2D eigenvalue weighted by Gasteiger charge is -2.12. The van der Waals surface area contributed by atoms with Crippen molar-refractivity contribution in [2.24, 2.45) is 11.7 Å². The highest BCUT2D eigenvalue weighted by molar-refractivity contribution is 5.41. The van der Waals surface area contributed by atoms with Crippen molar-refractivity contribution in [2.75, 3.05) is 6.54 Å². The summed E-state index contributed by atoms with van der Waals surface area (Å²) in [5.74, 6) is 0.616. The van der Waals surface area contributed by atoms with Crippen LogP contribution in [0.4, 0.5) is 0 Å². The molecular formula is C14H19N. The largest absolute Gasteiger partial charge is 0.326 e. The van der Waals surface area contributed by atoms with Gasteiger partial charge in [0.05, 0.1) is 0 Å². The fourth-order valence-electron chi connectivity index (χ4n) is 2.38. The van der Waals surface area contributed by atoms with E-state index in [0.717, 1.165) is 0 Å². The van der Waals surface area contributed by atoms with Gasteiger partial charge in [-0.25, -0.2) is 0 Å². The predicted octanol–water partition coefficient (Wildman–Crippen LogP) is 3.11. The normalized spacial score (nSPS) is 31.3. The second kappa shape index (κ2) is 4.19. The van der Waals surface area contributed by atoms with Crippen LogP contribution in [0.25, 0.3) is 0 Å². The van der Waals surface area contributed by atoms with E-state index in [1.165, 1.54) is 35.1 Å². The van der Waals surface area contributed by atoms with Gasteiger partial charge in [0, 0.05) is 6.54 Å². The van der Waals surface area contributed by atoms with Crippen molar-refractivity contribution in [2.45, 2.75) is 26.7 Å². The first-order valence-electron chi connectivity index (χ1n) is 5.67. The SMILES string of the molecule is CC1=C(CN)/C=C\C(C)=C/C2=CC1CC2. The summed E-state index contributed by atoms with van der Waals surface area (Å²) in [5.41, 5.74) is 11.3. The molecule has 2 aliphatic rings. The van der Waals surface area contributed by atoms with Crippen LogP contribution >= 0.6 is 0 Å². The molecule has 0 saturated carbocycles. The number of nitrogens with two attached hydrogens (primary N) is 1. The second-order valence-electron chi connectivity index (χ2n) is 4.52. The summed E-state index contributed by atoms with van der Waals surface area (Å²) in [6.07, 6.45) is 11.5. The number of hydrogen-bond donors (Lipinski definition) is 1. The highest BCUT2D eigenvalue weighted by Crippen LogP contribution is 2.33. The predicted molar refractivity (Wildman–Crippen MR) is 65.5 cm³/mol. The van der Waals surface area contributed by atoms with Gasteiger partial charge in [-0.05, 0) is 38.2 Å².